The summed E-state index contributed by atoms with van der Waals surface area (Å²) in [5, 5.41) is 10.6. The first-order valence-corrected chi connectivity index (χ1v) is 18.2. The maximum absolute atomic E-state index is 10.3. The average molecular weight is 541 g/mol. The number of unbranched alkanes of at least 4 members (excludes halogenated alkanes) is 1. The van der Waals surface area contributed by atoms with Crippen LogP contribution < -0.4 is 4.74 Å². The van der Waals surface area contributed by atoms with E-state index in [0.717, 1.165) is 25.0 Å². The summed E-state index contributed by atoms with van der Waals surface area (Å²) in [5.41, 5.74) is 2.71. The quantitative estimate of drug-likeness (QED) is 0.193. The molecule has 0 aromatic heterocycles. The smallest absolute Gasteiger partial charge is 0.192 e. The molecule has 0 amide bonds. The number of hydrogen-bond donors (Lipinski definition) is 1. The van der Waals surface area contributed by atoms with Gasteiger partial charge in [-0.3, -0.25) is 0 Å². The van der Waals surface area contributed by atoms with E-state index in [9.17, 15) is 5.11 Å². The molecule has 38 heavy (non-hydrogen) atoms. The number of hydrogen-bond acceptors (Lipinski definition) is 3. The minimum absolute atomic E-state index is 0.112. The number of benzene rings is 1. The highest BCUT2D eigenvalue weighted by Crippen LogP contribution is 2.70. The Morgan fingerprint density at radius 3 is 2.45 bits per heavy atom. The second-order valence-corrected chi connectivity index (χ2v) is 20.1. The third-order valence-corrected chi connectivity index (χ3v) is 15.9. The van der Waals surface area contributed by atoms with E-state index < -0.39 is 13.9 Å². The molecule has 3 nitrogen and oxygen atoms in total. The standard InChI is InChI=1S/C34H56O3Si/c1-11-34-21-19-24-22-26(36-8)15-16-27(24)30(34)25(14-12-13-20-32(5,6)35)23-33(7)28(34)17-18-29(33)37-38(9,10)31(2,3)4/h11,15-16,22,25,28-30,35H,1,12-14,17-21,23H2,2-10H3/t25-,28+,29-,30+,33-,34-/m0/s1. The van der Waals surface area contributed by atoms with Gasteiger partial charge in [0.2, 0.25) is 0 Å². The molecule has 4 rings (SSSR count). The molecule has 2 saturated carbocycles. The Balaban J connectivity index is 1.72. The number of ether oxygens (including phenoxy) is 1. The molecule has 0 radical (unpaired) electrons. The molecule has 0 aliphatic heterocycles. The fourth-order valence-corrected chi connectivity index (χ4v) is 9.93. The molecule has 3 aliphatic carbocycles. The largest absolute Gasteiger partial charge is 0.497 e. The topological polar surface area (TPSA) is 38.7 Å². The van der Waals surface area contributed by atoms with E-state index in [4.69, 9.17) is 9.16 Å². The van der Waals surface area contributed by atoms with Crippen molar-refractivity contribution in [3.8, 4) is 5.75 Å². The van der Waals surface area contributed by atoms with E-state index in [1.807, 2.05) is 13.8 Å². The third-order valence-electron chi connectivity index (χ3n) is 11.4. The van der Waals surface area contributed by atoms with Crippen molar-refractivity contribution in [2.45, 2.75) is 135 Å². The maximum Gasteiger partial charge on any atom is 0.192 e. The Morgan fingerprint density at radius 1 is 1.13 bits per heavy atom. The van der Waals surface area contributed by atoms with E-state index >= 15 is 0 Å². The van der Waals surface area contributed by atoms with Gasteiger partial charge in [-0.1, -0.05) is 52.7 Å². The molecule has 3 aliphatic rings. The first-order valence-electron chi connectivity index (χ1n) is 15.3. The summed E-state index contributed by atoms with van der Waals surface area (Å²) >= 11 is 0. The van der Waals surface area contributed by atoms with Crippen LogP contribution >= 0.6 is 0 Å². The van der Waals surface area contributed by atoms with Crippen molar-refractivity contribution in [1.82, 2.24) is 0 Å². The van der Waals surface area contributed by atoms with E-state index in [1.165, 1.54) is 44.1 Å². The Hall–Kier alpha value is -1.10. The van der Waals surface area contributed by atoms with E-state index in [-0.39, 0.29) is 15.9 Å². The van der Waals surface area contributed by atoms with E-state index in [2.05, 4.69) is 71.6 Å². The third kappa shape index (κ3) is 5.31. The molecule has 1 aromatic carbocycles. The van der Waals surface area contributed by atoms with Crippen LogP contribution in [0.1, 0.15) is 110 Å². The average Bonchev–Trinajstić information content (AvgIpc) is 3.15. The molecule has 1 aromatic rings. The van der Waals surface area contributed by atoms with Crippen molar-refractivity contribution in [1.29, 1.82) is 0 Å². The van der Waals surface area contributed by atoms with Crippen LogP contribution in [0.25, 0.3) is 0 Å². The van der Waals surface area contributed by atoms with Gasteiger partial charge in [0.25, 0.3) is 0 Å². The van der Waals surface area contributed by atoms with Crippen LogP contribution in [0, 0.1) is 22.7 Å². The molecule has 1 N–H and O–H groups in total. The zero-order valence-corrected chi connectivity index (χ0v) is 27.0. The van der Waals surface area contributed by atoms with Crippen LogP contribution in [0.2, 0.25) is 18.1 Å². The van der Waals surface area contributed by atoms with Gasteiger partial charge in [0, 0.05) is 0 Å². The summed E-state index contributed by atoms with van der Waals surface area (Å²) in [4.78, 5) is 0. The lowest BCUT2D eigenvalue weighted by Crippen LogP contribution is -2.56. The van der Waals surface area contributed by atoms with Gasteiger partial charge in [0.05, 0.1) is 18.8 Å². The first kappa shape index (κ1) is 29.9. The van der Waals surface area contributed by atoms with Gasteiger partial charge in [-0.15, -0.1) is 6.58 Å². The van der Waals surface area contributed by atoms with Crippen molar-refractivity contribution in [3.63, 3.8) is 0 Å². The number of allylic oxidation sites excluding steroid dienone is 1. The van der Waals surface area contributed by atoms with Crippen LogP contribution in [0.5, 0.6) is 5.75 Å². The van der Waals surface area contributed by atoms with Crippen LogP contribution in [0.4, 0.5) is 0 Å². The van der Waals surface area contributed by atoms with Crippen molar-refractivity contribution < 1.29 is 14.3 Å². The zero-order valence-electron chi connectivity index (χ0n) is 26.0. The molecule has 214 valence electrons. The molecule has 0 spiro atoms. The molecule has 6 atom stereocenters. The summed E-state index contributed by atoms with van der Waals surface area (Å²) in [6.45, 7) is 23.0. The summed E-state index contributed by atoms with van der Waals surface area (Å²) in [6, 6.07) is 6.84. The molecule has 2 fully saturated rings. The number of fused-ring (bicyclic) bond motifs is 5. The summed E-state index contributed by atoms with van der Waals surface area (Å²) in [5.74, 6) is 2.67. The van der Waals surface area contributed by atoms with Gasteiger partial charge in [0.1, 0.15) is 5.75 Å². The number of aryl methyl sites for hydroxylation is 1. The lowest BCUT2D eigenvalue weighted by molar-refractivity contribution is -0.0774. The van der Waals surface area contributed by atoms with Gasteiger partial charge < -0.3 is 14.3 Å². The van der Waals surface area contributed by atoms with Gasteiger partial charge >= 0.3 is 0 Å². The van der Waals surface area contributed by atoms with Gasteiger partial charge in [-0.2, -0.15) is 0 Å². The molecule has 0 unspecified atom stereocenters. The highest BCUT2D eigenvalue weighted by molar-refractivity contribution is 6.74. The van der Waals surface area contributed by atoms with Gasteiger partial charge in [-0.05, 0) is 129 Å². The van der Waals surface area contributed by atoms with Crippen LogP contribution in [0.15, 0.2) is 30.9 Å². The lowest BCUT2D eigenvalue weighted by atomic mass is 9.44. The zero-order chi connectivity index (χ0) is 28.1. The van der Waals surface area contributed by atoms with Crippen LogP contribution in [-0.2, 0) is 10.8 Å². The second kappa shape index (κ2) is 10.4. The Morgan fingerprint density at radius 2 is 1.84 bits per heavy atom. The van der Waals surface area contributed by atoms with Crippen LogP contribution in [0.3, 0.4) is 0 Å². The van der Waals surface area contributed by atoms with Gasteiger partial charge in [-0.25, -0.2) is 0 Å². The SMILES string of the molecule is C=C[C@@]12CCc3cc(OC)ccc3[C@H]1[C@@H](CCCCC(C)(C)O)C[C@]1(C)[C@@H](O[Si](C)(C)C(C)(C)C)CC[C@H]12. The molecule has 0 bridgehead atoms. The minimum Gasteiger partial charge on any atom is -0.497 e. The fraction of sp³-hybridized carbons (Fsp3) is 0.765. The van der Waals surface area contributed by atoms with E-state index in [1.54, 1.807) is 12.7 Å². The van der Waals surface area contributed by atoms with Crippen molar-refractivity contribution in [3.05, 3.63) is 42.0 Å². The highest BCUT2D eigenvalue weighted by atomic mass is 28.4. The molecular formula is C34H56O3Si. The predicted molar refractivity (Wildman–Crippen MR) is 162 cm³/mol. The van der Waals surface area contributed by atoms with Crippen molar-refractivity contribution >= 4 is 8.32 Å². The normalized spacial score (nSPS) is 33.3. The Bertz CT molecular complexity index is 1000. The Kier molecular flexibility index (Phi) is 8.16. The summed E-state index contributed by atoms with van der Waals surface area (Å²) in [7, 11) is -0.106. The van der Waals surface area contributed by atoms with Crippen molar-refractivity contribution in [2.75, 3.05) is 7.11 Å². The number of methoxy groups -OCH3 is 1. The number of rotatable bonds is 9. The molecule has 4 heteroatoms. The highest BCUT2D eigenvalue weighted by Gasteiger charge is 2.64. The Labute approximate surface area is 234 Å². The number of aliphatic hydroxyl groups is 1. The van der Waals surface area contributed by atoms with Crippen LogP contribution in [-0.4, -0.2) is 32.2 Å². The molecule has 0 saturated heterocycles. The lowest BCUT2D eigenvalue weighted by Gasteiger charge is -2.61. The van der Waals surface area contributed by atoms with E-state index in [0.29, 0.717) is 23.9 Å². The molecule has 0 heterocycles. The monoisotopic (exact) mass is 540 g/mol. The predicted octanol–water partition coefficient (Wildman–Crippen LogP) is 9.06. The first-order chi connectivity index (χ1) is 17.6. The summed E-state index contributed by atoms with van der Waals surface area (Å²) < 4.78 is 12.9. The summed E-state index contributed by atoms with van der Waals surface area (Å²) in [6.07, 6.45) is 13.0. The second-order valence-electron chi connectivity index (χ2n) is 15.4. The fourth-order valence-electron chi connectivity index (χ4n) is 8.48. The molecular weight excluding hydrogens is 484 g/mol. The van der Waals surface area contributed by atoms with Gasteiger partial charge in [0.15, 0.2) is 8.32 Å². The maximum atomic E-state index is 10.3. The minimum atomic E-state index is -1.88. The van der Waals surface area contributed by atoms with Crippen molar-refractivity contribution in [2.24, 2.45) is 22.7 Å².